The molecule has 0 saturated carbocycles. The summed E-state index contributed by atoms with van der Waals surface area (Å²) in [6.45, 7) is 4.36. The van der Waals surface area contributed by atoms with E-state index in [9.17, 15) is 4.79 Å². The number of carbonyl (C=O) groups excluding carboxylic acids is 1. The highest BCUT2D eigenvalue weighted by Crippen LogP contribution is 2.30. The van der Waals surface area contributed by atoms with Crippen LogP contribution in [0.3, 0.4) is 0 Å². The Hall–Kier alpha value is -2.38. The van der Waals surface area contributed by atoms with Gasteiger partial charge in [-0.2, -0.15) is 0 Å². The van der Waals surface area contributed by atoms with E-state index in [1.165, 1.54) is 5.56 Å². The van der Waals surface area contributed by atoms with Gasteiger partial charge in [0.15, 0.2) is 11.7 Å². The summed E-state index contributed by atoms with van der Waals surface area (Å²) < 4.78 is 11.1. The van der Waals surface area contributed by atoms with E-state index in [0.717, 1.165) is 38.5 Å². The van der Waals surface area contributed by atoms with Gasteiger partial charge in [0.05, 0.1) is 24.4 Å². The maximum Gasteiger partial charge on any atom is 0.224 e. The van der Waals surface area contributed by atoms with Crippen molar-refractivity contribution in [2.75, 3.05) is 31.6 Å². The number of benzene rings is 2. The molecule has 1 fully saturated rings. The van der Waals surface area contributed by atoms with E-state index in [4.69, 9.17) is 32.4 Å². The first-order valence-corrected chi connectivity index (χ1v) is 10.9. The first-order valence-electron chi connectivity index (χ1n) is 10.2. The molecule has 0 unspecified atom stereocenters. The molecule has 6 nitrogen and oxygen atoms in total. The summed E-state index contributed by atoms with van der Waals surface area (Å²) in [4.78, 5) is 18.9. The number of ether oxygens (including phenoxy) is 1. The Bertz CT molecular complexity index is 1030. The van der Waals surface area contributed by atoms with Crippen molar-refractivity contribution in [2.24, 2.45) is 0 Å². The van der Waals surface area contributed by atoms with Crippen molar-refractivity contribution in [3.05, 3.63) is 70.2 Å². The normalized spacial score (nSPS) is 14.5. The molecule has 0 radical (unpaired) electrons. The fourth-order valence-electron chi connectivity index (χ4n) is 3.39. The van der Waals surface area contributed by atoms with Gasteiger partial charge >= 0.3 is 0 Å². The van der Waals surface area contributed by atoms with Crippen LogP contribution in [-0.2, 0) is 22.5 Å². The van der Waals surface area contributed by atoms with Gasteiger partial charge in [-0.1, -0.05) is 35.3 Å². The zero-order chi connectivity index (χ0) is 21.6. The van der Waals surface area contributed by atoms with E-state index < -0.39 is 0 Å². The van der Waals surface area contributed by atoms with Crippen LogP contribution in [0, 0.1) is 0 Å². The second kappa shape index (κ2) is 10.3. The second-order valence-electron chi connectivity index (χ2n) is 7.38. The average molecular weight is 460 g/mol. The van der Waals surface area contributed by atoms with E-state index in [1.54, 1.807) is 24.4 Å². The van der Waals surface area contributed by atoms with Gasteiger partial charge in [-0.05, 0) is 35.9 Å². The molecular weight excluding hydrogens is 437 g/mol. The van der Waals surface area contributed by atoms with Crippen molar-refractivity contribution in [1.29, 1.82) is 0 Å². The van der Waals surface area contributed by atoms with Gasteiger partial charge in [0.25, 0.3) is 0 Å². The van der Waals surface area contributed by atoms with Crippen molar-refractivity contribution in [3.63, 3.8) is 0 Å². The van der Waals surface area contributed by atoms with Crippen molar-refractivity contribution in [1.82, 2.24) is 9.88 Å². The fraction of sp³-hybridized carbons (Fsp3) is 0.304. The largest absolute Gasteiger partial charge is 0.441 e. The van der Waals surface area contributed by atoms with Crippen LogP contribution in [0.2, 0.25) is 10.0 Å². The third-order valence-electron chi connectivity index (χ3n) is 5.06. The van der Waals surface area contributed by atoms with Crippen LogP contribution in [0.25, 0.3) is 11.3 Å². The van der Waals surface area contributed by atoms with Gasteiger partial charge < -0.3 is 14.5 Å². The van der Waals surface area contributed by atoms with E-state index in [-0.39, 0.29) is 12.3 Å². The molecule has 162 valence electrons. The molecule has 3 aromatic rings. The van der Waals surface area contributed by atoms with Gasteiger partial charge in [0.1, 0.15) is 0 Å². The van der Waals surface area contributed by atoms with Crippen molar-refractivity contribution in [2.45, 2.75) is 19.4 Å². The molecule has 2 heterocycles. The number of nitrogens with zero attached hydrogens (tertiary/aromatic N) is 2. The number of morpholine rings is 1. The smallest absolute Gasteiger partial charge is 0.224 e. The Morgan fingerprint density at radius 2 is 1.87 bits per heavy atom. The van der Waals surface area contributed by atoms with Gasteiger partial charge in [-0.15, -0.1) is 0 Å². The Labute approximate surface area is 191 Å². The minimum atomic E-state index is -0.0924. The van der Waals surface area contributed by atoms with E-state index in [0.29, 0.717) is 33.7 Å². The molecule has 1 aromatic heterocycles. The first kappa shape index (κ1) is 21.8. The summed E-state index contributed by atoms with van der Waals surface area (Å²) in [5.74, 6) is 0.940. The molecule has 1 aliphatic heterocycles. The third-order valence-corrected chi connectivity index (χ3v) is 5.61. The summed E-state index contributed by atoms with van der Waals surface area (Å²) in [7, 11) is 0. The molecule has 2 aromatic carbocycles. The maximum absolute atomic E-state index is 12.3. The minimum Gasteiger partial charge on any atom is -0.441 e. The Kier molecular flexibility index (Phi) is 7.25. The molecule has 8 heteroatoms. The SMILES string of the molecule is O=C(CCc1ncc(-c2ccc(Cl)cc2Cl)o1)Nc1ccc(CN2CCOCC2)cc1. The summed E-state index contributed by atoms with van der Waals surface area (Å²) in [5.41, 5.74) is 2.70. The highest BCUT2D eigenvalue weighted by atomic mass is 35.5. The standard InChI is InChI=1S/C23H23Cl2N3O3/c24-17-3-6-19(20(25)13-17)21-14-26-23(31-21)8-7-22(29)27-18-4-1-16(2-5-18)15-28-9-11-30-12-10-28/h1-6,13-14H,7-12,15H2,(H,27,29). The lowest BCUT2D eigenvalue weighted by molar-refractivity contribution is -0.116. The molecule has 0 aliphatic carbocycles. The Morgan fingerprint density at radius 3 is 2.61 bits per heavy atom. The molecule has 31 heavy (non-hydrogen) atoms. The summed E-state index contributed by atoms with van der Waals surface area (Å²) in [6.07, 6.45) is 2.27. The minimum absolute atomic E-state index is 0.0924. The topological polar surface area (TPSA) is 67.6 Å². The lowest BCUT2D eigenvalue weighted by Crippen LogP contribution is -2.35. The lowest BCUT2D eigenvalue weighted by atomic mass is 10.2. The average Bonchev–Trinajstić information content (AvgIpc) is 3.23. The van der Waals surface area contributed by atoms with Gasteiger partial charge in [-0.25, -0.2) is 4.98 Å². The lowest BCUT2D eigenvalue weighted by Gasteiger charge is -2.26. The number of halogens is 2. The number of rotatable bonds is 7. The molecule has 0 spiro atoms. The number of oxazole rings is 1. The van der Waals surface area contributed by atoms with Crippen molar-refractivity contribution >= 4 is 34.8 Å². The highest BCUT2D eigenvalue weighted by molar-refractivity contribution is 6.36. The molecule has 0 bridgehead atoms. The van der Waals surface area contributed by atoms with Gasteiger partial charge in [0.2, 0.25) is 5.91 Å². The zero-order valence-corrected chi connectivity index (χ0v) is 18.5. The van der Waals surface area contributed by atoms with Crippen LogP contribution in [-0.4, -0.2) is 42.1 Å². The van der Waals surface area contributed by atoms with Crippen LogP contribution in [0.1, 0.15) is 17.9 Å². The van der Waals surface area contributed by atoms with Crippen LogP contribution >= 0.6 is 23.2 Å². The molecule has 4 rings (SSSR count). The molecule has 0 atom stereocenters. The molecule has 1 saturated heterocycles. The summed E-state index contributed by atoms with van der Waals surface area (Å²) in [5, 5.41) is 3.96. The van der Waals surface area contributed by atoms with Crippen LogP contribution in [0.5, 0.6) is 0 Å². The van der Waals surface area contributed by atoms with Gasteiger partial charge in [-0.3, -0.25) is 9.69 Å². The predicted molar refractivity (Wildman–Crippen MR) is 121 cm³/mol. The number of nitrogens with one attached hydrogen (secondary N) is 1. The van der Waals surface area contributed by atoms with Crippen molar-refractivity contribution in [3.8, 4) is 11.3 Å². The number of aromatic nitrogens is 1. The number of anilines is 1. The predicted octanol–water partition coefficient (Wildman–Crippen LogP) is 5.05. The number of hydrogen-bond acceptors (Lipinski definition) is 5. The Balaban J connectivity index is 1.27. The first-order chi connectivity index (χ1) is 15.1. The number of carbonyl (C=O) groups is 1. The Morgan fingerprint density at radius 1 is 1.10 bits per heavy atom. The van der Waals surface area contributed by atoms with Crippen LogP contribution < -0.4 is 5.32 Å². The number of amides is 1. The fourth-order valence-corrected chi connectivity index (χ4v) is 3.90. The summed E-state index contributed by atoms with van der Waals surface area (Å²) in [6, 6.07) is 13.1. The quantitative estimate of drug-likeness (QED) is 0.535. The van der Waals surface area contributed by atoms with E-state index in [2.05, 4.69) is 15.2 Å². The number of aryl methyl sites for hydroxylation is 1. The van der Waals surface area contributed by atoms with Crippen LogP contribution in [0.4, 0.5) is 5.69 Å². The maximum atomic E-state index is 12.3. The molecule has 1 amide bonds. The van der Waals surface area contributed by atoms with Crippen LogP contribution in [0.15, 0.2) is 53.1 Å². The molecular formula is C23H23Cl2N3O3. The highest BCUT2D eigenvalue weighted by Gasteiger charge is 2.13. The number of hydrogen-bond donors (Lipinski definition) is 1. The molecule has 1 aliphatic rings. The van der Waals surface area contributed by atoms with E-state index in [1.807, 2.05) is 24.3 Å². The van der Waals surface area contributed by atoms with Gasteiger partial charge in [0, 0.05) is 48.7 Å². The third kappa shape index (κ3) is 6.08. The second-order valence-corrected chi connectivity index (χ2v) is 8.22. The monoisotopic (exact) mass is 459 g/mol. The van der Waals surface area contributed by atoms with E-state index >= 15 is 0 Å². The van der Waals surface area contributed by atoms with Crippen molar-refractivity contribution < 1.29 is 13.9 Å². The zero-order valence-electron chi connectivity index (χ0n) is 16.9. The summed E-state index contributed by atoms with van der Waals surface area (Å²) >= 11 is 12.1. The molecule has 1 N–H and O–H groups in total.